The van der Waals surface area contributed by atoms with E-state index >= 15 is 0 Å². The van der Waals surface area contributed by atoms with Gasteiger partial charge in [-0.05, 0) is 70.6 Å². The Morgan fingerprint density at radius 3 is 1.32 bits per heavy atom. The number of aliphatic hydroxyl groups excluding tert-OH is 2. The molecule has 0 heterocycles. The number of hydrogen-bond acceptors (Lipinski definition) is 3. The van der Waals surface area contributed by atoms with Crippen molar-refractivity contribution >= 4 is 5.91 Å². The van der Waals surface area contributed by atoms with Gasteiger partial charge >= 0.3 is 0 Å². The minimum absolute atomic E-state index is 0.0763. The van der Waals surface area contributed by atoms with Gasteiger partial charge in [-0.15, -0.1) is 0 Å². The van der Waals surface area contributed by atoms with E-state index in [0.29, 0.717) is 6.42 Å². The van der Waals surface area contributed by atoms with Crippen LogP contribution >= 0.6 is 0 Å². The summed E-state index contributed by atoms with van der Waals surface area (Å²) in [6.07, 6.45) is 59.7. The Balaban J connectivity index is 3.59. The third-order valence-electron chi connectivity index (χ3n) is 8.88. The van der Waals surface area contributed by atoms with E-state index in [2.05, 4.69) is 92.1 Å². The molecule has 286 valence electrons. The van der Waals surface area contributed by atoms with Gasteiger partial charge in [-0.25, -0.2) is 0 Å². The van der Waals surface area contributed by atoms with Gasteiger partial charge in [-0.3, -0.25) is 4.79 Å². The highest BCUT2D eigenvalue weighted by atomic mass is 16.3. The molecule has 0 aromatic rings. The molecule has 0 aliphatic rings. The SMILES string of the molecule is CC/C=C\C/C=C\C/C=C\C/C=C\C/C=C\C/C=C\CCCCCCCCCCCCC(=O)NC(CO)C(O)/C=C/CCCCCCCCC. The molecule has 0 saturated heterocycles. The second kappa shape index (κ2) is 41.0. The minimum atomic E-state index is -0.842. The lowest BCUT2D eigenvalue weighted by Crippen LogP contribution is -2.45. The van der Waals surface area contributed by atoms with Crippen LogP contribution in [-0.4, -0.2) is 34.9 Å². The number of allylic oxidation sites excluding steroid dienone is 13. The first-order chi connectivity index (χ1) is 24.7. The molecule has 0 bridgehead atoms. The number of nitrogens with one attached hydrogen (secondary N) is 1. The van der Waals surface area contributed by atoms with Crippen LogP contribution in [0.25, 0.3) is 0 Å². The zero-order chi connectivity index (χ0) is 36.4. The van der Waals surface area contributed by atoms with Crippen molar-refractivity contribution in [3.05, 3.63) is 85.1 Å². The summed E-state index contributed by atoms with van der Waals surface area (Å²) in [5.41, 5.74) is 0. The van der Waals surface area contributed by atoms with Gasteiger partial charge in [0, 0.05) is 6.42 Å². The Kier molecular flexibility index (Phi) is 39.0. The highest BCUT2D eigenvalue weighted by Crippen LogP contribution is 2.13. The molecule has 4 nitrogen and oxygen atoms in total. The maximum atomic E-state index is 12.3. The molecule has 3 N–H and O–H groups in total. The summed E-state index contributed by atoms with van der Waals surface area (Å²) >= 11 is 0. The Morgan fingerprint density at radius 1 is 0.500 bits per heavy atom. The fraction of sp³-hybridized carbons (Fsp3) is 0.674. The van der Waals surface area contributed by atoms with Crippen molar-refractivity contribution in [2.75, 3.05) is 6.61 Å². The average molecular weight is 694 g/mol. The Morgan fingerprint density at radius 2 is 0.880 bits per heavy atom. The Hall–Kier alpha value is -2.43. The second-order valence-electron chi connectivity index (χ2n) is 13.7. The predicted molar refractivity (Wildman–Crippen MR) is 220 cm³/mol. The summed E-state index contributed by atoms with van der Waals surface area (Å²) in [7, 11) is 0. The summed E-state index contributed by atoms with van der Waals surface area (Å²) < 4.78 is 0. The average Bonchev–Trinajstić information content (AvgIpc) is 3.12. The largest absolute Gasteiger partial charge is 0.394 e. The van der Waals surface area contributed by atoms with E-state index in [0.717, 1.165) is 64.2 Å². The van der Waals surface area contributed by atoms with Crippen molar-refractivity contribution in [1.29, 1.82) is 0 Å². The number of carbonyl (C=O) groups excluding carboxylic acids is 1. The molecule has 0 fully saturated rings. The number of carbonyl (C=O) groups is 1. The Labute approximate surface area is 310 Å². The molecule has 0 aliphatic carbocycles. The Bertz CT molecular complexity index is 926. The summed E-state index contributed by atoms with van der Waals surface area (Å²) in [4.78, 5) is 12.3. The number of amides is 1. The van der Waals surface area contributed by atoms with Crippen molar-refractivity contribution < 1.29 is 15.0 Å². The van der Waals surface area contributed by atoms with Crippen molar-refractivity contribution in [3.8, 4) is 0 Å². The molecule has 0 spiro atoms. The number of rotatable bonds is 36. The van der Waals surface area contributed by atoms with E-state index in [1.807, 2.05) is 6.08 Å². The van der Waals surface area contributed by atoms with Gasteiger partial charge in [-0.2, -0.15) is 0 Å². The molecule has 0 radical (unpaired) electrons. The van der Waals surface area contributed by atoms with Crippen molar-refractivity contribution in [2.45, 2.75) is 193 Å². The molecular weight excluding hydrogens is 615 g/mol. The third-order valence-corrected chi connectivity index (χ3v) is 8.88. The molecule has 50 heavy (non-hydrogen) atoms. The van der Waals surface area contributed by atoms with Crippen LogP contribution in [-0.2, 0) is 4.79 Å². The number of aliphatic hydroxyl groups is 2. The van der Waals surface area contributed by atoms with Crippen LogP contribution in [0.2, 0.25) is 0 Å². The van der Waals surface area contributed by atoms with E-state index in [1.165, 1.54) is 96.3 Å². The molecular formula is C46H79NO3. The zero-order valence-corrected chi connectivity index (χ0v) is 32.6. The van der Waals surface area contributed by atoms with E-state index in [-0.39, 0.29) is 12.5 Å². The predicted octanol–water partition coefficient (Wildman–Crippen LogP) is 12.9. The lowest BCUT2D eigenvalue weighted by atomic mass is 10.0. The molecule has 0 aromatic heterocycles. The van der Waals surface area contributed by atoms with Gasteiger partial charge in [0.15, 0.2) is 0 Å². The molecule has 0 saturated carbocycles. The molecule has 0 aliphatic heterocycles. The summed E-state index contributed by atoms with van der Waals surface area (Å²) in [6.45, 7) is 4.15. The lowest BCUT2D eigenvalue weighted by Gasteiger charge is -2.20. The summed E-state index contributed by atoms with van der Waals surface area (Å²) in [5.74, 6) is -0.0763. The van der Waals surface area contributed by atoms with Crippen LogP contribution in [0.3, 0.4) is 0 Å². The van der Waals surface area contributed by atoms with Crippen LogP contribution in [0.15, 0.2) is 85.1 Å². The van der Waals surface area contributed by atoms with E-state index in [1.54, 1.807) is 6.08 Å². The highest BCUT2D eigenvalue weighted by molar-refractivity contribution is 5.76. The quantitative estimate of drug-likeness (QED) is 0.0452. The maximum absolute atomic E-state index is 12.3. The van der Waals surface area contributed by atoms with Gasteiger partial charge in [0.2, 0.25) is 5.91 Å². The first kappa shape index (κ1) is 47.6. The summed E-state index contributed by atoms with van der Waals surface area (Å²) in [5, 5.41) is 22.8. The zero-order valence-electron chi connectivity index (χ0n) is 32.6. The van der Waals surface area contributed by atoms with Gasteiger partial charge < -0.3 is 15.5 Å². The topological polar surface area (TPSA) is 69.6 Å². The fourth-order valence-corrected chi connectivity index (χ4v) is 5.71. The van der Waals surface area contributed by atoms with Gasteiger partial charge in [0.1, 0.15) is 0 Å². The van der Waals surface area contributed by atoms with Gasteiger partial charge in [0.05, 0.1) is 18.8 Å². The molecule has 2 atom stereocenters. The summed E-state index contributed by atoms with van der Waals surface area (Å²) in [6, 6.07) is -0.626. The standard InChI is InChI=1S/C46H79NO3/c1-3-5-7-9-11-13-14-15-16-17-18-19-20-21-22-23-24-25-26-27-28-29-30-31-32-34-36-38-40-42-46(50)47-44(43-48)45(49)41-39-37-35-33-12-10-8-6-4-2/h5,7,11,13,15-16,18-19,21-22,24-25,39,41,44-45,48-49H,3-4,6,8-10,12,14,17,20,23,26-38,40,42-43H2,1-2H3,(H,47,50)/b7-5-,13-11-,16-15-,19-18-,22-21-,25-24-,41-39+. The molecule has 1 amide bonds. The molecule has 0 rings (SSSR count). The monoisotopic (exact) mass is 694 g/mol. The first-order valence-corrected chi connectivity index (χ1v) is 20.8. The molecule has 2 unspecified atom stereocenters. The normalized spacial score (nSPS) is 13.9. The van der Waals surface area contributed by atoms with Crippen molar-refractivity contribution in [1.82, 2.24) is 5.32 Å². The fourth-order valence-electron chi connectivity index (χ4n) is 5.71. The van der Waals surface area contributed by atoms with Crippen LogP contribution < -0.4 is 5.32 Å². The number of hydrogen-bond donors (Lipinski definition) is 3. The first-order valence-electron chi connectivity index (χ1n) is 20.8. The van der Waals surface area contributed by atoms with Crippen LogP contribution in [0.5, 0.6) is 0 Å². The lowest BCUT2D eigenvalue weighted by molar-refractivity contribution is -0.123. The van der Waals surface area contributed by atoms with Crippen molar-refractivity contribution in [2.24, 2.45) is 0 Å². The number of unbranched alkanes of at least 4 members (excludes halogenated alkanes) is 17. The van der Waals surface area contributed by atoms with E-state index < -0.39 is 12.1 Å². The van der Waals surface area contributed by atoms with Crippen LogP contribution in [0.1, 0.15) is 181 Å². The van der Waals surface area contributed by atoms with Gasteiger partial charge in [-0.1, -0.05) is 189 Å². The molecule has 4 heteroatoms. The van der Waals surface area contributed by atoms with Crippen LogP contribution in [0, 0.1) is 0 Å². The second-order valence-corrected chi connectivity index (χ2v) is 13.7. The van der Waals surface area contributed by atoms with Crippen molar-refractivity contribution in [3.63, 3.8) is 0 Å². The molecule has 0 aromatic carbocycles. The highest BCUT2D eigenvalue weighted by Gasteiger charge is 2.17. The van der Waals surface area contributed by atoms with E-state index in [4.69, 9.17) is 0 Å². The smallest absolute Gasteiger partial charge is 0.220 e. The third kappa shape index (κ3) is 36.8. The van der Waals surface area contributed by atoms with E-state index in [9.17, 15) is 15.0 Å². The maximum Gasteiger partial charge on any atom is 0.220 e. The van der Waals surface area contributed by atoms with Gasteiger partial charge in [0.25, 0.3) is 0 Å². The van der Waals surface area contributed by atoms with Crippen LogP contribution in [0.4, 0.5) is 0 Å². The minimum Gasteiger partial charge on any atom is -0.394 e.